The van der Waals surface area contributed by atoms with Crippen LogP contribution < -0.4 is 10.1 Å². The van der Waals surface area contributed by atoms with Crippen LogP contribution in [0.5, 0.6) is 5.75 Å². The highest BCUT2D eigenvalue weighted by Crippen LogP contribution is 2.34. The minimum absolute atomic E-state index is 0.00895. The van der Waals surface area contributed by atoms with Crippen molar-refractivity contribution >= 4 is 46.0 Å². The second-order valence-corrected chi connectivity index (χ2v) is 10.3. The van der Waals surface area contributed by atoms with Gasteiger partial charge in [-0.2, -0.15) is 0 Å². The number of halogens is 3. The molecule has 3 aromatic rings. The third-order valence-electron chi connectivity index (χ3n) is 4.77. The molecule has 1 aromatic heterocycles. The molecule has 3 rings (SSSR count). The first-order valence-electron chi connectivity index (χ1n) is 10.2. The van der Waals surface area contributed by atoms with Gasteiger partial charge in [0.05, 0.1) is 16.5 Å². The molecule has 1 atom stereocenters. The van der Waals surface area contributed by atoms with Gasteiger partial charge in [0.25, 0.3) is 0 Å². The molecule has 33 heavy (non-hydrogen) atoms. The molecule has 1 unspecified atom stereocenters. The number of rotatable bonds is 8. The molecule has 0 bridgehead atoms. The number of anilines is 1. The molecule has 1 amide bonds. The Morgan fingerprint density at radius 1 is 1.18 bits per heavy atom. The van der Waals surface area contributed by atoms with E-state index in [1.807, 2.05) is 6.92 Å². The van der Waals surface area contributed by atoms with E-state index in [9.17, 15) is 13.7 Å². The number of carbonyl (C=O) groups excluding carboxylic acids is 1. The number of hydrogen-bond acceptors (Lipinski definition) is 4. The zero-order valence-electron chi connectivity index (χ0n) is 18.3. The number of aromatic nitrogens is 1. The molecule has 9 heteroatoms. The molecule has 1 N–H and O–H groups in total. The molecule has 0 saturated carbocycles. The van der Waals surface area contributed by atoms with Gasteiger partial charge in [-0.1, -0.05) is 35.3 Å². The summed E-state index contributed by atoms with van der Waals surface area (Å²) in [6.45, 7) is 5.27. The molecule has 174 valence electrons. The van der Waals surface area contributed by atoms with Gasteiger partial charge in [0.2, 0.25) is 5.91 Å². The standard InChI is InChI=1S/C24H23Cl2FN2O3S/c1-4-33(31)18-8-5-15(6-9-18)11-22(30)29-17-7-10-21(20(27)13-17)32-24(2,3)23-19(26)12-16(25)14-28-23/h5-10,12-14H,4,11H2,1-3H3,(H,29,30). The quantitative estimate of drug-likeness (QED) is 0.370. The van der Waals surface area contributed by atoms with Crippen LogP contribution in [0, 0.1) is 5.82 Å². The Labute approximate surface area is 205 Å². The van der Waals surface area contributed by atoms with E-state index in [2.05, 4.69) is 10.3 Å². The molecule has 0 aliphatic carbocycles. The van der Waals surface area contributed by atoms with Crippen LogP contribution in [0.1, 0.15) is 32.0 Å². The van der Waals surface area contributed by atoms with Crippen LogP contribution >= 0.6 is 23.2 Å². The van der Waals surface area contributed by atoms with E-state index >= 15 is 0 Å². The monoisotopic (exact) mass is 508 g/mol. The van der Waals surface area contributed by atoms with Gasteiger partial charge in [-0.15, -0.1) is 0 Å². The number of ether oxygens (including phenoxy) is 1. The first kappa shape index (κ1) is 25.3. The number of hydrogen-bond donors (Lipinski definition) is 1. The highest BCUT2D eigenvalue weighted by Gasteiger charge is 2.28. The fraction of sp³-hybridized carbons (Fsp3) is 0.250. The molecule has 1 heterocycles. The number of nitrogens with one attached hydrogen (secondary N) is 1. The average molecular weight is 509 g/mol. The molecule has 0 aliphatic heterocycles. The summed E-state index contributed by atoms with van der Waals surface area (Å²) in [5.41, 5.74) is 0.452. The Kier molecular flexibility index (Phi) is 8.23. The fourth-order valence-corrected chi connectivity index (χ4v) is 4.54. The SMILES string of the molecule is CC[S+]([O-])c1ccc(CC(=O)Nc2ccc(OC(C)(C)c3ncc(Cl)cc3Cl)c(F)c2)cc1. The highest BCUT2D eigenvalue weighted by molar-refractivity contribution is 7.91. The van der Waals surface area contributed by atoms with Crippen molar-refractivity contribution in [2.24, 2.45) is 0 Å². The second kappa shape index (κ2) is 10.7. The highest BCUT2D eigenvalue weighted by atomic mass is 35.5. The number of carbonyl (C=O) groups is 1. The largest absolute Gasteiger partial charge is 0.611 e. The van der Waals surface area contributed by atoms with E-state index in [4.69, 9.17) is 27.9 Å². The minimum atomic E-state index is -1.04. The van der Waals surface area contributed by atoms with E-state index in [1.54, 1.807) is 50.2 Å². The predicted octanol–water partition coefficient (Wildman–Crippen LogP) is 6.15. The minimum Gasteiger partial charge on any atom is -0.611 e. The van der Waals surface area contributed by atoms with Crippen LogP contribution in [0.25, 0.3) is 0 Å². The predicted molar refractivity (Wildman–Crippen MR) is 130 cm³/mol. The van der Waals surface area contributed by atoms with Gasteiger partial charge in [0.1, 0.15) is 17.0 Å². The number of pyridine rings is 1. The summed E-state index contributed by atoms with van der Waals surface area (Å²) in [5.74, 6) is -0.418. The number of benzene rings is 2. The molecule has 0 aliphatic rings. The van der Waals surface area contributed by atoms with Crippen LogP contribution in [0.4, 0.5) is 10.1 Å². The lowest BCUT2D eigenvalue weighted by atomic mass is 10.0. The Balaban J connectivity index is 1.65. The normalized spacial score (nSPS) is 12.3. The van der Waals surface area contributed by atoms with Crippen LogP contribution in [-0.4, -0.2) is 21.2 Å². The van der Waals surface area contributed by atoms with Crippen molar-refractivity contribution in [3.63, 3.8) is 0 Å². The van der Waals surface area contributed by atoms with Gasteiger partial charge in [-0.3, -0.25) is 9.78 Å². The second-order valence-electron chi connectivity index (χ2n) is 7.74. The Bertz CT molecular complexity index is 1140. The molecular weight excluding hydrogens is 486 g/mol. The van der Waals surface area contributed by atoms with Crippen molar-refractivity contribution in [2.45, 2.75) is 37.7 Å². The van der Waals surface area contributed by atoms with Crippen molar-refractivity contribution < 1.29 is 18.5 Å². The lowest BCUT2D eigenvalue weighted by Gasteiger charge is -2.27. The molecule has 0 saturated heterocycles. The summed E-state index contributed by atoms with van der Waals surface area (Å²) < 4.78 is 32.4. The summed E-state index contributed by atoms with van der Waals surface area (Å²) in [7, 11) is 0. The maximum Gasteiger partial charge on any atom is 0.228 e. The van der Waals surface area contributed by atoms with E-state index in [-0.39, 0.29) is 18.1 Å². The Morgan fingerprint density at radius 3 is 2.48 bits per heavy atom. The van der Waals surface area contributed by atoms with E-state index in [0.29, 0.717) is 27.2 Å². The van der Waals surface area contributed by atoms with E-state index in [0.717, 1.165) is 10.5 Å². The Morgan fingerprint density at radius 2 is 1.88 bits per heavy atom. The summed E-state index contributed by atoms with van der Waals surface area (Å²) in [6.07, 6.45) is 1.55. The maximum atomic E-state index is 14.7. The molecule has 0 radical (unpaired) electrons. The Hall–Kier alpha value is -2.32. The molecule has 2 aromatic carbocycles. The molecule has 0 fully saturated rings. The van der Waals surface area contributed by atoms with Crippen molar-refractivity contribution in [1.82, 2.24) is 4.98 Å². The zero-order chi connectivity index (χ0) is 24.2. The van der Waals surface area contributed by atoms with Crippen LogP contribution in [0.2, 0.25) is 10.0 Å². The smallest absolute Gasteiger partial charge is 0.228 e. The topological polar surface area (TPSA) is 74.3 Å². The summed E-state index contributed by atoms with van der Waals surface area (Å²) in [6, 6.07) is 12.7. The van der Waals surface area contributed by atoms with Gasteiger partial charge in [-0.05, 0) is 67.8 Å². The summed E-state index contributed by atoms with van der Waals surface area (Å²) in [4.78, 5) is 17.3. The number of amides is 1. The first-order chi connectivity index (χ1) is 15.6. The third kappa shape index (κ3) is 6.60. The van der Waals surface area contributed by atoms with E-state index < -0.39 is 22.6 Å². The van der Waals surface area contributed by atoms with Crippen LogP contribution in [0.15, 0.2) is 59.6 Å². The van der Waals surface area contributed by atoms with E-state index in [1.165, 1.54) is 18.3 Å². The van der Waals surface area contributed by atoms with Crippen molar-refractivity contribution in [1.29, 1.82) is 0 Å². The van der Waals surface area contributed by atoms with Crippen LogP contribution in [-0.2, 0) is 28.0 Å². The van der Waals surface area contributed by atoms with Crippen molar-refractivity contribution in [3.8, 4) is 5.75 Å². The zero-order valence-corrected chi connectivity index (χ0v) is 20.7. The lowest BCUT2D eigenvalue weighted by molar-refractivity contribution is -0.115. The van der Waals surface area contributed by atoms with Gasteiger partial charge < -0.3 is 14.6 Å². The summed E-state index contributed by atoms with van der Waals surface area (Å²) in [5, 5.41) is 3.37. The average Bonchev–Trinajstić information content (AvgIpc) is 2.75. The molecule has 5 nitrogen and oxygen atoms in total. The lowest BCUT2D eigenvalue weighted by Crippen LogP contribution is -2.27. The van der Waals surface area contributed by atoms with Crippen molar-refractivity contribution in [3.05, 3.63) is 81.8 Å². The molecular formula is C24H23Cl2FN2O3S. The van der Waals surface area contributed by atoms with Gasteiger partial charge in [0.15, 0.2) is 16.5 Å². The van der Waals surface area contributed by atoms with Gasteiger partial charge >= 0.3 is 0 Å². The number of nitrogens with zero attached hydrogens (tertiary/aromatic N) is 1. The summed E-state index contributed by atoms with van der Waals surface area (Å²) >= 11 is 11.1. The third-order valence-corrected chi connectivity index (χ3v) is 6.59. The van der Waals surface area contributed by atoms with Gasteiger partial charge in [0, 0.05) is 18.0 Å². The fourth-order valence-electron chi connectivity index (χ4n) is 3.16. The van der Waals surface area contributed by atoms with Gasteiger partial charge in [-0.25, -0.2) is 4.39 Å². The van der Waals surface area contributed by atoms with Crippen molar-refractivity contribution in [2.75, 3.05) is 11.1 Å². The maximum absolute atomic E-state index is 14.7. The van der Waals surface area contributed by atoms with Crippen LogP contribution in [0.3, 0.4) is 0 Å². The first-order valence-corrected chi connectivity index (χ1v) is 12.2. The molecule has 0 spiro atoms.